The summed E-state index contributed by atoms with van der Waals surface area (Å²) in [6.07, 6.45) is 3.22. The van der Waals surface area contributed by atoms with E-state index in [0.29, 0.717) is 36.8 Å². The molecule has 30 heavy (non-hydrogen) atoms. The fourth-order valence-corrected chi connectivity index (χ4v) is 4.71. The van der Waals surface area contributed by atoms with Gasteiger partial charge in [-0.15, -0.1) is 0 Å². The van der Waals surface area contributed by atoms with E-state index in [4.69, 9.17) is 33.7 Å². The third-order valence-corrected chi connectivity index (χ3v) is 6.30. The summed E-state index contributed by atoms with van der Waals surface area (Å²) in [5, 5.41) is 1.34. The van der Waals surface area contributed by atoms with Crippen LogP contribution in [0.1, 0.15) is 51.3 Å². The van der Waals surface area contributed by atoms with E-state index < -0.39 is 0 Å². The van der Waals surface area contributed by atoms with Gasteiger partial charge >= 0.3 is 0 Å². The lowest BCUT2D eigenvalue weighted by Gasteiger charge is -2.21. The van der Waals surface area contributed by atoms with Gasteiger partial charge in [-0.2, -0.15) is 0 Å². The van der Waals surface area contributed by atoms with Crippen LogP contribution in [0.4, 0.5) is 0 Å². The summed E-state index contributed by atoms with van der Waals surface area (Å²) >= 11 is 12.8. The Morgan fingerprint density at radius 1 is 1.20 bits per heavy atom. The molecule has 0 atom stereocenters. The fourth-order valence-electron chi connectivity index (χ4n) is 4.13. The average molecular weight is 444 g/mol. The quantitative estimate of drug-likeness (QED) is 0.714. The largest absolute Gasteiger partial charge is 0.497 e. The highest BCUT2D eigenvalue weighted by Crippen LogP contribution is 2.41. The van der Waals surface area contributed by atoms with Gasteiger partial charge < -0.3 is 15.4 Å². The van der Waals surface area contributed by atoms with Crippen molar-refractivity contribution in [2.24, 2.45) is 5.73 Å². The molecule has 0 unspecified atom stereocenters. The SMILES string of the molecule is COc1ccc(CN2Cc3c(nc(C)c(CN)c3C3=C(Cl)C=C(Cl)CC3)C2=O)cc1. The number of halogens is 2. The first-order valence-electron chi connectivity index (χ1n) is 9.82. The maximum atomic E-state index is 13.2. The number of nitrogens with two attached hydrogens (primary N) is 1. The normalized spacial score (nSPS) is 16.1. The molecule has 0 fully saturated rings. The zero-order valence-electron chi connectivity index (χ0n) is 17.0. The Morgan fingerprint density at radius 3 is 2.57 bits per heavy atom. The molecule has 0 saturated carbocycles. The maximum Gasteiger partial charge on any atom is 0.273 e. The molecule has 7 heteroatoms. The van der Waals surface area contributed by atoms with Gasteiger partial charge in [0.25, 0.3) is 5.91 Å². The second kappa shape index (κ2) is 8.42. The Bertz CT molecular complexity index is 1070. The van der Waals surface area contributed by atoms with Crippen molar-refractivity contribution in [2.75, 3.05) is 7.11 Å². The van der Waals surface area contributed by atoms with Crippen molar-refractivity contribution < 1.29 is 9.53 Å². The van der Waals surface area contributed by atoms with Gasteiger partial charge in [0.1, 0.15) is 11.4 Å². The molecule has 2 N–H and O–H groups in total. The summed E-state index contributed by atoms with van der Waals surface area (Å²) in [6, 6.07) is 7.72. The number of hydrogen-bond donors (Lipinski definition) is 1. The van der Waals surface area contributed by atoms with Crippen LogP contribution in [0.3, 0.4) is 0 Å². The second-order valence-electron chi connectivity index (χ2n) is 7.51. The summed E-state index contributed by atoms with van der Waals surface area (Å²) in [7, 11) is 1.63. The van der Waals surface area contributed by atoms with Gasteiger partial charge in [0.15, 0.2) is 0 Å². The number of aromatic nitrogens is 1. The molecule has 0 saturated heterocycles. The van der Waals surface area contributed by atoms with Crippen molar-refractivity contribution in [1.29, 1.82) is 0 Å². The summed E-state index contributed by atoms with van der Waals surface area (Å²) in [4.78, 5) is 19.6. The van der Waals surface area contributed by atoms with Crippen LogP contribution in [0.25, 0.3) is 5.57 Å². The highest BCUT2D eigenvalue weighted by atomic mass is 35.5. The number of methoxy groups -OCH3 is 1. The molecule has 0 radical (unpaired) electrons. The number of amides is 1. The first-order valence-corrected chi connectivity index (χ1v) is 10.6. The molecule has 0 spiro atoms. The molecule has 0 bridgehead atoms. The van der Waals surface area contributed by atoms with Crippen LogP contribution in [-0.4, -0.2) is 22.9 Å². The number of aryl methyl sites for hydroxylation is 1. The molecule has 1 aliphatic heterocycles. The number of fused-ring (bicyclic) bond motifs is 1. The minimum Gasteiger partial charge on any atom is -0.497 e. The highest BCUT2D eigenvalue weighted by Gasteiger charge is 2.34. The van der Waals surface area contributed by atoms with Crippen molar-refractivity contribution >= 4 is 34.7 Å². The predicted octanol–water partition coefficient (Wildman–Crippen LogP) is 4.88. The molecule has 156 valence electrons. The molecule has 1 amide bonds. The van der Waals surface area contributed by atoms with Crippen molar-refractivity contribution in [3.63, 3.8) is 0 Å². The smallest absolute Gasteiger partial charge is 0.273 e. The van der Waals surface area contributed by atoms with Crippen LogP contribution in [-0.2, 0) is 19.6 Å². The average Bonchev–Trinajstić information content (AvgIpc) is 3.03. The molecule has 1 aliphatic carbocycles. The Kier molecular flexibility index (Phi) is 5.87. The standard InChI is InChI=1S/C23H23Cl2N3O2/c1-13-18(10-26)21(17-8-5-15(24)9-20(17)25)19-12-28(23(29)22(19)27-13)11-14-3-6-16(30-2)7-4-14/h3-4,6-7,9H,5,8,10-12,26H2,1-2H3. The van der Waals surface area contributed by atoms with Crippen molar-refractivity contribution in [1.82, 2.24) is 9.88 Å². The number of ether oxygens (including phenoxy) is 1. The summed E-state index contributed by atoms with van der Waals surface area (Å²) in [5.41, 5.74) is 12.2. The second-order valence-corrected chi connectivity index (χ2v) is 8.40. The minimum atomic E-state index is -0.0742. The van der Waals surface area contributed by atoms with E-state index in [0.717, 1.165) is 50.7 Å². The zero-order chi connectivity index (χ0) is 21.4. The number of hydrogen-bond acceptors (Lipinski definition) is 4. The van der Waals surface area contributed by atoms with E-state index in [1.807, 2.05) is 36.1 Å². The van der Waals surface area contributed by atoms with Crippen molar-refractivity contribution in [3.05, 3.63) is 74.0 Å². The van der Waals surface area contributed by atoms with E-state index in [1.165, 1.54) is 0 Å². The number of rotatable bonds is 5. The number of carbonyl (C=O) groups is 1. The Balaban J connectivity index is 1.75. The maximum absolute atomic E-state index is 13.2. The van der Waals surface area contributed by atoms with Crippen LogP contribution in [0.15, 0.2) is 40.4 Å². The third-order valence-electron chi connectivity index (χ3n) is 5.67. The number of pyridine rings is 1. The van der Waals surface area contributed by atoms with E-state index in [1.54, 1.807) is 13.2 Å². The first-order chi connectivity index (χ1) is 14.4. The van der Waals surface area contributed by atoms with E-state index in [2.05, 4.69) is 4.98 Å². The molecule has 4 rings (SSSR count). The molecule has 1 aromatic carbocycles. The number of allylic oxidation sites excluding steroid dienone is 4. The molecule has 1 aromatic heterocycles. The monoisotopic (exact) mass is 443 g/mol. The lowest BCUT2D eigenvalue weighted by molar-refractivity contribution is 0.0762. The highest BCUT2D eigenvalue weighted by molar-refractivity contribution is 6.37. The van der Waals surface area contributed by atoms with Crippen LogP contribution < -0.4 is 10.5 Å². The fraction of sp³-hybridized carbons (Fsp3) is 0.304. The topological polar surface area (TPSA) is 68.4 Å². The van der Waals surface area contributed by atoms with Gasteiger partial charge in [0, 0.05) is 41.0 Å². The van der Waals surface area contributed by atoms with E-state index in [-0.39, 0.29) is 5.91 Å². The van der Waals surface area contributed by atoms with Crippen LogP contribution in [0.2, 0.25) is 0 Å². The van der Waals surface area contributed by atoms with Crippen molar-refractivity contribution in [3.8, 4) is 5.75 Å². The Labute approximate surface area is 186 Å². The number of nitrogens with zero attached hydrogens (tertiary/aromatic N) is 2. The predicted molar refractivity (Wildman–Crippen MR) is 119 cm³/mol. The molecule has 2 aliphatic rings. The van der Waals surface area contributed by atoms with Crippen molar-refractivity contribution in [2.45, 2.75) is 39.4 Å². The van der Waals surface area contributed by atoms with Gasteiger partial charge in [-0.3, -0.25) is 4.79 Å². The van der Waals surface area contributed by atoms with Gasteiger partial charge in [-0.1, -0.05) is 35.3 Å². The number of carbonyl (C=O) groups excluding carboxylic acids is 1. The Morgan fingerprint density at radius 2 is 1.93 bits per heavy atom. The van der Waals surface area contributed by atoms with Crippen LogP contribution >= 0.6 is 23.2 Å². The van der Waals surface area contributed by atoms with Gasteiger partial charge in [0.2, 0.25) is 0 Å². The lowest BCUT2D eigenvalue weighted by Crippen LogP contribution is -2.23. The lowest BCUT2D eigenvalue weighted by atomic mass is 9.88. The summed E-state index contributed by atoms with van der Waals surface area (Å²) in [6.45, 7) is 3.19. The zero-order valence-corrected chi connectivity index (χ0v) is 18.5. The van der Waals surface area contributed by atoms with Gasteiger partial charge in [0.05, 0.1) is 7.11 Å². The molecule has 2 heterocycles. The third kappa shape index (κ3) is 3.73. The van der Waals surface area contributed by atoms with Gasteiger partial charge in [-0.25, -0.2) is 4.98 Å². The van der Waals surface area contributed by atoms with E-state index >= 15 is 0 Å². The Hall–Kier alpha value is -2.34. The van der Waals surface area contributed by atoms with Gasteiger partial charge in [-0.05, 0) is 60.2 Å². The summed E-state index contributed by atoms with van der Waals surface area (Å²) in [5.74, 6) is 0.711. The number of benzene rings is 1. The minimum absolute atomic E-state index is 0.0742. The first kappa shape index (κ1) is 20.9. The molecule has 5 nitrogen and oxygen atoms in total. The summed E-state index contributed by atoms with van der Waals surface area (Å²) < 4.78 is 5.22. The van der Waals surface area contributed by atoms with Crippen LogP contribution in [0.5, 0.6) is 5.75 Å². The molecular formula is C23H23Cl2N3O2. The van der Waals surface area contributed by atoms with Crippen LogP contribution in [0, 0.1) is 6.92 Å². The molecular weight excluding hydrogens is 421 g/mol. The molecule has 2 aromatic rings. The van der Waals surface area contributed by atoms with E-state index in [9.17, 15) is 4.79 Å².